The second kappa shape index (κ2) is 7.24. The number of rotatable bonds is 7. The summed E-state index contributed by atoms with van der Waals surface area (Å²) in [6.45, 7) is 7.88. The van der Waals surface area contributed by atoms with Gasteiger partial charge in [-0.15, -0.1) is 0 Å². The minimum Gasteiger partial charge on any atom is -0.409 e. The maximum absolute atomic E-state index is 12.6. The zero-order valence-corrected chi connectivity index (χ0v) is 12.2. The number of carbonyl (C=O) groups is 1. The molecular weight excluding hydrogens is 230 g/mol. The summed E-state index contributed by atoms with van der Waals surface area (Å²) in [7, 11) is 1.79. The van der Waals surface area contributed by atoms with Crippen molar-refractivity contribution in [3.63, 3.8) is 0 Å². The van der Waals surface area contributed by atoms with Gasteiger partial charge in [0.1, 0.15) is 5.41 Å². The van der Waals surface area contributed by atoms with Gasteiger partial charge >= 0.3 is 0 Å². The van der Waals surface area contributed by atoms with Crippen LogP contribution in [-0.4, -0.2) is 34.9 Å². The molecule has 1 amide bonds. The minimum atomic E-state index is -0.883. The molecule has 18 heavy (non-hydrogen) atoms. The lowest BCUT2D eigenvalue weighted by atomic mass is 9.79. The maximum Gasteiger partial charge on any atom is 0.236 e. The van der Waals surface area contributed by atoms with Gasteiger partial charge in [0.15, 0.2) is 5.84 Å². The minimum absolute atomic E-state index is 0.00745. The van der Waals surface area contributed by atoms with E-state index in [9.17, 15) is 4.79 Å². The van der Waals surface area contributed by atoms with Crippen LogP contribution in [0.25, 0.3) is 0 Å². The summed E-state index contributed by atoms with van der Waals surface area (Å²) in [5.74, 6) is -0.0585. The van der Waals surface area contributed by atoms with Crippen LogP contribution < -0.4 is 5.73 Å². The van der Waals surface area contributed by atoms with E-state index >= 15 is 0 Å². The lowest BCUT2D eigenvalue weighted by Crippen LogP contribution is -2.52. The average molecular weight is 257 g/mol. The van der Waals surface area contributed by atoms with E-state index < -0.39 is 5.41 Å². The Labute approximate surface area is 110 Å². The largest absolute Gasteiger partial charge is 0.409 e. The molecule has 0 bridgehead atoms. The predicted octanol–water partition coefficient (Wildman–Crippen LogP) is 2.19. The first-order valence-electron chi connectivity index (χ1n) is 6.66. The van der Waals surface area contributed by atoms with Crippen LogP contribution in [0.3, 0.4) is 0 Å². The van der Waals surface area contributed by atoms with Crippen LogP contribution in [0.4, 0.5) is 0 Å². The number of nitrogens with two attached hydrogens (primary N) is 1. The number of amides is 1. The highest BCUT2D eigenvalue weighted by Crippen LogP contribution is 2.30. The summed E-state index contributed by atoms with van der Waals surface area (Å²) in [5, 5.41) is 12.0. The summed E-state index contributed by atoms with van der Waals surface area (Å²) >= 11 is 0. The van der Waals surface area contributed by atoms with Crippen LogP contribution in [0.1, 0.15) is 53.4 Å². The van der Waals surface area contributed by atoms with Crippen LogP contribution in [0.2, 0.25) is 0 Å². The Morgan fingerprint density at radius 2 is 1.89 bits per heavy atom. The number of amidine groups is 1. The van der Waals surface area contributed by atoms with Gasteiger partial charge in [-0.2, -0.15) is 0 Å². The van der Waals surface area contributed by atoms with Crippen molar-refractivity contribution < 1.29 is 10.0 Å². The second-order valence-electron chi connectivity index (χ2n) is 4.83. The highest BCUT2D eigenvalue weighted by molar-refractivity contribution is 6.06. The predicted molar refractivity (Wildman–Crippen MR) is 73.6 cm³/mol. The van der Waals surface area contributed by atoms with Crippen molar-refractivity contribution >= 4 is 11.7 Å². The summed E-state index contributed by atoms with van der Waals surface area (Å²) < 4.78 is 0. The summed E-state index contributed by atoms with van der Waals surface area (Å²) in [4.78, 5) is 14.3. The fourth-order valence-corrected chi connectivity index (χ4v) is 2.27. The van der Waals surface area contributed by atoms with Gasteiger partial charge in [0.05, 0.1) is 0 Å². The van der Waals surface area contributed by atoms with E-state index in [1.807, 2.05) is 20.8 Å². The van der Waals surface area contributed by atoms with E-state index in [4.69, 9.17) is 10.9 Å². The second-order valence-corrected chi connectivity index (χ2v) is 4.83. The lowest BCUT2D eigenvalue weighted by molar-refractivity contribution is -0.139. The molecule has 0 rings (SSSR count). The standard InChI is InChI=1S/C13H27N3O2/c1-6-9-10(4)16(5)12(17)13(7-2,8-3)11(14)15-18/h10,18H,6-9H2,1-5H3,(H2,14,15). The highest BCUT2D eigenvalue weighted by Gasteiger charge is 2.42. The molecule has 106 valence electrons. The van der Waals surface area contributed by atoms with Crippen LogP contribution in [0.5, 0.6) is 0 Å². The SMILES string of the molecule is CCCC(C)N(C)C(=O)C(CC)(CC)C(N)=NO. The Bertz CT molecular complexity index is 299. The normalized spacial score (nSPS) is 14.4. The first-order valence-corrected chi connectivity index (χ1v) is 6.66. The number of hydrogen-bond donors (Lipinski definition) is 2. The molecule has 0 saturated carbocycles. The van der Waals surface area contributed by atoms with E-state index in [-0.39, 0.29) is 17.8 Å². The van der Waals surface area contributed by atoms with Crippen molar-refractivity contribution in [3.8, 4) is 0 Å². The summed E-state index contributed by atoms with van der Waals surface area (Å²) in [5.41, 5.74) is 4.86. The van der Waals surface area contributed by atoms with E-state index in [0.717, 1.165) is 12.8 Å². The molecule has 0 fully saturated rings. The van der Waals surface area contributed by atoms with Gasteiger partial charge in [0, 0.05) is 13.1 Å². The Kier molecular flexibility index (Phi) is 6.73. The highest BCUT2D eigenvalue weighted by atomic mass is 16.4. The molecule has 3 N–H and O–H groups in total. The molecule has 1 unspecified atom stereocenters. The molecule has 0 heterocycles. The van der Waals surface area contributed by atoms with E-state index in [1.165, 1.54) is 0 Å². The Balaban J connectivity index is 5.21. The maximum atomic E-state index is 12.6. The zero-order valence-electron chi connectivity index (χ0n) is 12.2. The quantitative estimate of drug-likeness (QED) is 0.317. The van der Waals surface area contributed by atoms with Crippen LogP contribution in [-0.2, 0) is 4.79 Å². The van der Waals surface area contributed by atoms with Crippen molar-refractivity contribution in [1.82, 2.24) is 4.90 Å². The van der Waals surface area contributed by atoms with Gasteiger partial charge in [0.25, 0.3) is 0 Å². The Morgan fingerprint density at radius 1 is 1.39 bits per heavy atom. The Morgan fingerprint density at radius 3 is 2.22 bits per heavy atom. The molecule has 0 radical (unpaired) electrons. The fraction of sp³-hybridized carbons (Fsp3) is 0.846. The molecule has 0 aliphatic heterocycles. The van der Waals surface area contributed by atoms with Gasteiger partial charge in [-0.25, -0.2) is 0 Å². The fourth-order valence-electron chi connectivity index (χ4n) is 2.27. The van der Waals surface area contributed by atoms with E-state index in [0.29, 0.717) is 12.8 Å². The van der Waals surface area contributed by atoms with E-state index in [2.05, 4.69) is 12.1 Å². The number of oxime groups is 1. The van der Waals surface area contributed by atoms with Crippen LogP contribution in [0.15, 0.2) is 5.16 Å². The first kappa shape index (κ1) is 16.7. The molecule has 0 aromatic carbocycles. The molecule has 1 atom stereocenters. The Hall–Kier alpha value is -1.26. The van der Waals surface area contributed by atoms with Gasteiger partial charge in [0.2, 0.25) is 5.91 Å². The van der Waals surface area contributed by atoms with Crippen molar-refractivity contribution in [3.05, 3.63) is 0 Å². The molecule has 5 nitrogen and oxygen atoms in total. The van der Waals surface area contributed by atoms with Crippen molar-refractivity contribution in [2.24, 2.45) is 16.3 Å². The van der Waals surface area contributed by atoms with Crippen molar-refractivity contribution in [1.29, 1.82) is 0 Å². The zero-order chi connectivity index (χ0) is 14.3. The number of nitrogens with zero attached hydrogens (tertiary/aromatic N) is 2. The van der Waals surface area contributed by atoms with Gasteiger partial charge in [-0.1, -0.05) is 32.3 Å². The van der Waals surface area contributed by atoms with Crippen molar-refractivity contribution in [2.75, 3.05) is 7.05 Å². The molecule has 0 aromatic rings. The van der Waals surface area contributed by atoms with Gasteiger partial charge in [-0.05, 0) is 26.2 Å². The number of hydrogen-bond acceptors (Lipinski definition) is 3. The van der Waals surface area contributed by atoms with Gasteiger partial charge < -0.3 is 15.8 Å². The van der Waals surface area contributed by atoms with Crippen LogP contribution in [0, 0.1) is 5.41 Å². The van der Waals surface area contributed by atoms with Gasteiger partial charge in [-0.3, -0.25) is 4.79 Å². The summed E-state index contributed by atoms with van der Waals surface area (Å²) in [6.07, 6.45) is 3.03. The van der Waals surface area contributed by atoms with E-state index in [1.54, 1.807) is 11.9 Å². The molecule has 0 aliphatic rings. The monoisotopic (exact) mass is 257 g/mol. The molecule has 0 spiro atoms. The van der Waals surface area contributed by atoms with Crippen molar-refractivity contribution in [2.45, 2.75) is 59.4 Å². The smallest absolute Gasteiger partial charge is 0.236 e. The topological polar surface area (TPSA) is 78.9 Å². The molecule has 0 aliphatic carbocycles. The molecular formula is C13H27N3O2. The average Bonchev–Trinajstić information content (AvgIpc) is 2.39. The molecule has 5 heteroatoms. The lowest BCUT2D eigenvalue weighted by Gasteiger charge is -2.36. The third-order valence-electron chi connectivity index (χ3n) is 3.90. The number of carbonyl (C=O) groups excluding carboxylic acids is 1. The first-order chi connectivity index (χ1) is 8.41. The third-order valence-corrected chi connectivity index (χ3v) is 3.90. The third kappa shape index (κ3) is 3.15. The molecule has 0 saturated heterocycles. The molecule has 0 aromatic heterocycles. The summed E-state index contributed by atoms with van der Waals surface area (Å²) in [6, 6.07) is 0.159. The van der Waals surface area contributed by atoms with Crippen LogP contribution >= 0.6 is 0 Å².